The van der Waals surface area contributed by atoms with Crippen LogP contribution in [0.1, 0.15) is 12.0 Å². The molecular weight excluding hydrogens is 294 g/mol. The fraction of sp³-hybridized carbons (Fsp3) is 0.412. The van der Waals surface area contributed by atoms with E-state index in [9.17, 15) is 9.59 Å². The first-order chi connectivity index (χ1) is 11.2. The van der Waals surface area contributed by atoms with Gasteiger partial charge in [-0.3, -0.25) is 14.5 Å². The van der Waals surface area contributed by atoms with E-state index in [2.05, 4.69) is 10.6 Å². The zero-order valence-electron chi connectivity index (χ0n) is 13.1. The van der Waals surface area contributed by atoms with Gasteiger partial charge < -0.3 is 15.7 Å². The molecule has 1 atom stereocenters. The maximum atomic E-state index is 12.0. The van der Waals surface area contributed by atoms with Crippen molar-refractivity contribution in [3.63, 3.8) is 0 Å². The normalized spacial score (nSPS) is 18.8. The van der Waals surface area contributed by atoms with Crippen LogP contribution in [0.5, 0.6) is 0 Å². The zero-order valence-corrected chi connectivity index (χ0v) is 13.1. The minimum absolute atomic E-state index is 0.102. The molecule has 0 spiro atoms. The Labute approximate surface area is 136 Å². The number of nitrogens with one attached hydrogen (secondary N) is 2. The van der Waals surface area contributed by atoms with Crippen LogP contribution in [0.4, 0.5) is 0 Å². The van der Waals surface area contributed by atoms with Gasteiger partial charge in [-0.15, -0.1) is 0 Å². The van der Waals surface area contributed by atoms with Gasteiger partial charge in [-0.1, -0.05) is 42.5 Å². The average molecular weight is 317 g/mol. The summed E-state index contributed by atoms with van der Waals surface area (Å²) in [5.41, 5.74) is 1.10. The number of nitrogens with zero attached hydrogens (tertiary/aromatic N) is 1. The van der Waals surface area contributed by atoms with Gasteiger partial charge in [-0.05, 0) is 5.56 Å². The van der Waals surface area contributed by atoms with Gasteiger partial charge in [0.25, 0.3) is 0 Å². The number of amides is 2. The third-order valence-electron chi connectivity index (χ3n) is 3.70. The average Bonchev–Trinajstić information content (AvgIpc) is 2.57. The molecule has 2 rings (SSSR count). The van der Waals surface area contributed by atoms with Crippen LogP contribution in [0.3, 0.4) is 0 Å². The molecule has 1 aliphatic heterocycles. The summed E-state index contributed by atoms with van der Waals surface area (Å²) in [4.78, 5) is 25.8. The Bertz CT molecular complexity index is 545. The first-order valence-electron chi connectivity index (χ1n) is 7.81. The Morgan fingerprint density at radius 3 is 2.91 bits per heavy atom. The molecule has 0 aromatic heterocycles. The number of rotatable bonds is 7. The molecule has 0 aliphatic carbocycles. The predicted molar refractivity (Wildman–Crippen MR) is 88.6 cm³/mol. The van der Waals surface area contributed by atoms with Gasteiger partial charge in [0, 0.05) is 26.2 Å². The summed E-state index contributed by atoms with van der Waals surface area (Å²) in [6.45, 7) is 2.02. The van der Waals surface area contributed by atoms with Crippen molar-refractivity contribution >= 4 is 17.9 Å². The first kappa shape index (κ1) is 17.2. The standard InChI is InChI=1S/C17H23N3O3/c21-12-9-18-16(22)13-15-17(23)19-8-11-20(15)10-4-7-14-5-2-1-3-6-14/h1-7,15,21H,8-13H2,(H,18,22)(H,19,23). The summed E-state index contributed by atoms with van der Waals surface area (Å²) >= 11 is 0. The van der Waals surface area contributed by atoms with Crippen molar-refractivity contribution in [2.24, 2.45) is 0 Å². The summed E-state index contributed by atoms with van der Waals surface area (Å²) < 4.78 is 0. The van der Waals surface area contributed by atoms with E-state index < -0.39 is 6.04 Å². The summed E-state index contributed by atoms with van der Waals surface area (Å²) in [5, 5.41) is 14.1. The third-order valence-corrected chi connectivity index (χ3v) is 3.70. The number of carbonyl (C=O) groups is 2. The van der Waals surface area contributed by atoms with Crippen molar-refractivity contribution in [3.05, 3.63) is 42.0 Å². The van der Waals surface area contributed by atoms with Gasteiger partial charge >= 0.3 is 0 Å². The van der Waals surface area contributed by atoms with E-state index in [-0.39, 0.29) is 31.4 Å². The lowest BCUT2D eigenvalue weighted by Crippen LogP contribution is -2.56. The molecule has 1 saturated heterocycles. The third kappa shape index (κ3) is 5.50. The van der Waals surface area contributed by atoms with E-state index in [4.69, 9.17) is 5.11 Å². The van der Waals surface area contributed by atoms with E-state index in [0.717, 1.165) is 5.56 Å². The number of aliphatic hydroxyl groups excluding tert-OH is 1. The Hall–Kier alpha value is -2.18. The molecule has 0 radical (unpaired) electrons. The quantitative estimate of drug-likeness (QED) is 0.661. The van der Waals surface area contributed by atoms with Crippen molar-refractivity contribution < 1.29 is 14.7 Å². The highest BCUT2D eigenvalue weighted by Gasteiger charge is 2.30. The predicted octanol–water partition coefficient (Wildman–Crippen LogP) is -0.00120. The molecule has 1 heterocycles. The lowest BCUT2D eigenvalue weighted by molar-refractivity contribution is -0.133. The largest absolute Gasteiger partial charge is 0.395 e. The van der Waals surface area contributed by atoms with Crippen LogP contribution in [-0.4, -0.2) is 60.6 Å². The summed E-state index contributed by atoms with van der Waals surface area (Å²) in [6.07, 6.45) is 4.12. The fourth-order valence-corrected chi connectivity index (χ4v) is 2.53. The van der Waals surface area contributed by atoms with Crippen LogP contribution in [-0.2, 0) is 9.59 Å². The number of benzene rings is 1. The molecule has 1 fully saturated rings. The Balaban J connectivity index is 1.92. The van der Waals surface area contributed by atoms with Crippen molar-refractivity contribution in [2.45, 2.75) is 12.5 Å². The molecule has 3 N–H and O–H groups in total. The van der Waals surface area contributed by atoms with Crippen LogP contribution in [0.15, 0.2) is 36.4 Å². The van der Waals surface area contributed by atoms with Crippen molar-refractivity contribution in [2.75, 3.05) is 32.8 Å². The van der Waals surface area contributed by atoms with Crippen LogP contribution < -0.4 is 10.6 Å². The Morgan fingerprint density at radius 1 is 1.39 bits per heavy atom. The summed E-state index contributed by atoms with van der Waals surface area (Å²) in [6, 6.07) is 9.47. The van der Waals surface area contributed by atoms with Crippen molar-refractivity contribution in [3.8, 4) is 0 Å². The minimum atomic E-state index is -0.470. The fourth-order valence-electron chi connectivity index (χ4n) is 2.53. The molecule has 0 bridgehead atoms. The number of hydrogen-bond acceptors (Lipinski definition) is 4. The highest BCUT2D eigenvalue weighted by atomic mass is 16.3. The molecule has 1 unspecified atom stereocenters. The van der Waals surface area contributed by atoms with Gasteiger partial charge in [0.15, 0.2) is 0 Å². The lowest BCUT2D eigenvalue weighted by atomic mass is 10.1. The van der Waals surface area contributed by atoms with E-state index in [1.807, 2.05) is 47.4 Å². The van der Waals surface area contributed by atoms with Gasteiger partial charge in [-0.25, -0.2) is 0 Å². The van der Waals surface area contributed by atoms with Crippen LogP contribution in [0.2, 0.25) is 0 Å². The number of hydrogen-bond donors (Lipinski definition) is 3. The molecule has 6 nitrogen and oxygen atoms in total. The van der Waals surface area contributed by atoms with Crippen LogP contribution in [0.25, 0.3) is 6.08 Å². The van der Waals surface area contributed by atoms with E-state index >= 15 is 0 Å². The molecule has 0 saturated carbocycles. The van der Waals surface area contributed by atoms with Crippen molar-refractivity contribution in [1.82, 2.24) is 15.5 Å². The maximum absolute atomic E-state index is 12.0. The van der Waals surface area contributed by atoms with Gasteiger partial charge in [-0.2, -0.15) is 0 Å². The molecule has 6 heteroatoms. The lowest BCUT2D eigenvalue weighted by Gasteiger charge is -2.33. The summed E-state index contributed by atoms with van der Waals surface area (Å²) in [5.74, 6) is -0.346. The number of piperazine rings is 1. The van der Waals surface area contributed by atoms with Crippen LogP contribution in [0, 0.1) is 0 Å². The van der Waals surface area contributed by atoms with Crippen molar-refractivity contribution in [1.29, 1.82) is 0 Å². The second-order valence-corrected chi connectivity index (χ2v) is 5.39. The van der Waals surface area contributed by atoms with Gasteiger partial charge in [0.2, 0.25) is 11.8 Å². The van der Waals surface area contributed by atoms with Crippen LogP contribution >= 0.6 is 0 Å². The molecule has 2 amide bonds. The molecule has 23 heavy (non-hydrogen) atoms. The maximum Gasteiger partial charge on any atom is 0.237 e. The number of carbonyl (C=O) groups excluding carboxylic acids is 2. The Kier molecular flexibility index (Phi) is 6.77. The first-order valence-corrected chi connectivity index (χ1v) is 7.81. The van der Waals surface area contributed by atoms with E-state index in [1.54, 1.807) is 0 Å². The second-order valence-electron chi connectivity index (χ2n) is 5.39. The monoisotopic (exact) mass is 317 g/mol. The van der Waals surface area contributed by atoms with E-state index in [1.165, 1.54) is 0 Å². The smallest absolute Gasteiger partial charge is 0.237 e. The Morgan fingerprint density at radius 2 is 2.17 bits per heavy atom. The molecule has 124 valence electrons. The highest BCUT2D eigenvalue weighted by Crippen LogP contribution is 2.10. The molecular formula is C17H23N3O3. The number of aliphatic hydroxyl groups is 1. The molecule has 1 aromatic rings. The topological polar surface area (TPSA) is 81.7 Å². The molecule has 1 aromatic carbocycles. The highest BCUT2D eigenvalue weighted by molar-refractivity contribution is 5.88. The zero-order chi connectivity index (χ0) is 16.5. The SMILES string of the molecule is O=C(CC1C(=O)NCCN1CC=Cc1ccccc1)NCCO. The van der Waals surface area contributed by atoms with E-state index in [0.29, 0.717) is 19.6 Å². The second kappa shape index (κ2) is 9.07. The summed E-state index contributed by atoms with van der Waals surface area (Å²) in [7, 11) is 0. The van der Waals surface area contributed by atoms with Gasteiger partial charge in [0.1, 0.15) is 0 Å². The minimum Gasteiger partial charge on any atom is -0.395 e. The van der Waals surface area contributed by atoms with Gasteiger partial charge in [0.05, 0.1) is 19.1 Å². The molecule has 1 aliphatic rings.